The molecule has 5 heteroatoms. The molecule has 0 atom stereocenters. The number of aryl methyl sites for hydroxylation is 1. The summed E-state index contributed by atoms with van der Waals surface area (Å²) < 4.78 is 19.1. The summed E-state index contributed by atoms with van der Waals surface area (Å²) in [4.78, 5) is 3.98. The number of benzene rings is 1. The van der Waals surface area contributed by atoms with E-state index in [9.17, 15) is 4.39 Å². The Morgan fingerprint density at radius 3 is 2.94 bits per heavy atom. The van der Waals surface area contributed by atoms with Crippen LogP contribution in [0.1, 0.15) is 11.1 Å². The molecule has 1 aromatic carbocycles. The maximum absolute atomic E-state index is 13.7. The van der Waals surface area contributed by atoms with Crippen molar-refractivity contribution >= 4 is 11.6 Å². The fourth-order valence-corrected chi connectivity index (χ4v) is 1.66. The summed E-state index contributed by atoms with van der Waals surface area (Å²) in [6.45, 7) is 1.94. The zero-order valence-corrected chi connectivity index (χ0v) is 10.5. The number of halogens is 2. The van der Waals surface area contributed by atoms with Crippen molar-refractivity contribution in [2.45, 2.75) is 13.5 Å². The number of ether oxygens (including phenoxy) is 1. The van der Waals surface area contributed by atoms with Crippen molar-refractivity contribution in [1.29, 1.82) is 0 Å². The van der Waals surface area contributed by atoms with Crippen LogP contribution in [0.4, 0.5) is 4.39 Å². The van der Waals surface area contributed by atoms with E-state index in [0.717, 1.165) is 0 Å². The molecule has 1 heterocycles. The van der Waals surface area contributed by atoms with Crippen LogP contribution in [0, 0.1) is 12.7 Å². The molecule has 3 nitrogen and oxygen atoms in total. The van der Waals surface area contributed by atoms with Gasteiger partial charge in [0.2, 0.25) is 5.88 Å². The first-order chi connectivity index (χ1) is 8.61. The second kappa shape index (κ2) is 5.33. The van der Waals surface area contributed by atoms with Crippen molar-refractivity contribution in [3.8, 4) is 11.6 Å². The topological polar surface area (TPSA) is 48.1 Å². The highest BCUT2D eigenvalue weighted by atomic mass is 35.5. The van der Waals surface area contributed by atoms with Crippen molar-refractivity contribution in [2.75, 3.05) is 0 Å². The fourth-order valence-electron chi connectivity index (χ4n) is 1.48. The highest BCUT2D eigenvalue weighted by molar-refractivity contribution is 6.31. The zero-order valence-electron chi connectivity index (χ0n) is 9.78. The van der Waals surface area contributed by atoms with Gasteiger partial charge in [0.25, 0.3) is 0 Å². The second-order valence-corrected chi connectivity index (χ2v) is 4.21. The normalized spacial score (nSPS) is 10.4. The van der Waals surface area contributed by atoms with Crippen molar-refractivity contribution in [3.63, 3.8) is 0 Å². The molecule has 0 unspecified atom stereocenters. The lowest BCUT2D eigenvalue weighted by atomic mass is 10.2. The molecule has 0 saturated heterocycles. The third kappa shape index (κ3) is 2.60. The number of nitrogens with zero attached hydrogens (tertiary/aromatic N) is 1. The molecule has 2 aromatic rings. The third-order valence-electron chi connectivity index (χ3n) is 2.50. The molecule has 94 valence electrons. The molecule has 1 aromatic heterocycles. The number of aromatic nitrogens is 1. The number of rotatable bonds is 3. The molecule has 2 rings (SSSR count). The van der Waals surface area contributed by atoms with Gasteiger partial charge in [0.1, 0.15) is 0 Å². The van der Waals surface area contributed by atoms with Gasteiger partial charge in [-0.05, 0) is 24.1 Å². The van der Waals surface area contributed by atoms with Gasteiger partial charge in [-0.15, -0.1) is 0 Å². The molecule has 2 N–H and O–H groups in total. The highest BCUT2D eigenvalue weighted by Gasteiger charge is 2.09. The second-order valence-electron chi connectivity index (χ2n) is 3.81. The van der Waals surface area contributed by atoms with Crippen molar-refractivity contribution in [2.24, 2.45) is 5.73 Å². The summed E-state index contributed by atoms with van der Waals surface area (Å²) in [5.74, 6) is 0.000641. The Bertz CT molecular complexity index is 575. The van der Waals surface area contributed by atoms with Crippen LogP contribution in [0.5, 0.6) is 11.6 Å². The van der Waals surface area contributed by atoms with Crippen molar-refractivity contribution < 1.29 is 9.13 Å². The fraction of sp³-hybridized carbons (Fsp3) is 0.154. The van der Waals surface area contributed by atoms with Gasteiger partial charge in [-0.25, -0.2) is 9.37 Å². The summed E-state index contributed by atoms with van der Waals surface area (Å²) >= 11 is 5.88. The van der Waals surface area contributed by atoms with Crippen LogP contribution in [-0.2, 0) is 6.54 Å². The van der Waals surface area contributed by atoms with Crippen LogP contribution in [0.3, 0.4) is 0 Å². The van der Waals surface area contributed by atoms with Gasteiger partial charge >= 0.3 is 0 Å². The standard InChI is InChI=1S/C13H12ClFN2O/c1-8-3-2-4-11(13(8)15)18-12-5-9(6-16)10(14)7-17-12/h2-5,7H,6,16H2,1H3. The van der Waals surface area contributed by atoms with Crippen molar-refractivity contribution in [1.82, 2.24) is 4.98 Å². The molecule has 0 saturated carbocycles. The molecule has 0 fully saturated rings. The zero-order chi connectivity index (χ0) is 13.1. The summed E-state index contributed by atoms with van der Waals surface area (Å²) in [5, 5.41) is 0.467. The largest absolute Gasteiger partial charge is 0.436 e. The molecule has 0 spiro atoms. The Balaban J connectivity index is 2.31. The molecule has 18 heavy (non-hydrogen) atoms. The lowest BCUT2D eigenvalue weighted by Gasteiger charge is -2.08. The first-order valence-electron chi connectivity index (χ1n) is 5.39. The van der Waals surface area contributed by atoms with E-state index >= 15 is 0 Å². The first kappa shape index (κ1) is 12.8. The van der Waals surface area contributed by atoms with Crippen molar-refractivity contribution in [3.05, 3.63) is 52.4 Å². The van der Waals surface area contributed by atoms with Crippen LogP contribution in [0.2, 0.25) is 5.02 Å². The average molecular weight is 267 g/mol. The number of hydrogen-bond donors (Lipinski definition) is 1. The van der Waals surface area contributed by atoms with Crippen LogP contribution < -0.4 is 10.5 Å². The van der Waals surface area contributed by atoms with Gasteiger partial charge in [-0.1, -0.05) is 23.7 Å². The predicted octanol–water partition coefficient (Wildman–Crippen LogP) is 3.43. The Morgan fingerprint density at radius 1 is 1.44 bits per heavy atom. The van der Waals surface area contributed by atoms with Crippen LogP contribution in [0.25, 0.3) is 0 Å². The lowest BCUT2D eigenvalue weighted by Crippen LogP contribution is -1.99. The Labute approximate surface area is 109 Å². The summed E-state index contributed by atoms with van der Waals surface area (Å²) in [6.07, 6.45) is 1.44. The van der Waals surface area contributed by atoms with E-state index in [4.69, 9.17) is 22.1 Å². The molecule has 0 aliphatic heterocycles. The Kier molecular flexibility index (Phi) is 3.79. The van der Waals surface area contributed by atoms with Gasteiger partial charge in [-0.3, -0.25) is 0 Å². The Morgan fingerprint density at radius 2 is 2.22 bits per heavy atom. The molecule has 0 aliphatic rings. The SMILES string of the molecule is Cc1cccc(Oc2cc(CN)c(Cl)cn2)c1F. The van der Waals surface area contributed by atoms with Gasteiger partial charge in [0.15, 0.2) is 11.6 Å². The van der Waals surface area contributed by atoms with Gasteiger partial charge in [0, 0.05) is 18.8 Å². The third-order valence-corrected chi connectivity index (χ3v) is 2.84. The maximum atomic E-state index is 13.7. The lowest BCUT2D eigenvalue weighted by molar-refractivity contribution is 0.425. The quantitative estimate of drug-likeness (QED) is 0.926. The summed E-state index contributed by atoms with van der Waals surface area (Å²) in [6, 6.07) is 6.53. The van der Waals surface area contributed by atoms with Gasteiger partial charge in [-0.2, -0.15) is 0 Å². The minimum Gasteiger partial charge on any atom is -0.436 e. The molecular weight excluding hydrogens is 255 g/mol. The molecule has 0 amide bonds. The average Bonchev–Trinajstić information content (AvgIpc) is 2.37. The minimum absolute atomic E-state index is 0.132. The first-order valence-corrected chi connectivity index (χ1v) is 5.77. The molecular formula is C13H12ClFN2O. The monoisotopic (exact) mass is 266 g/mol. The highest BCUT2D eigenvalue weighted by Crippen LogP contribution is 2.26. The predicted molar refractivity (Wildman–Crippen MR) is 68.3 cm³/mol. The van der Waals surface area contributed by atoms with E-state index in [1.54, 1.807) is 31.2 Å². The molecule has 0 aliphatic carbocycles. The van der Waals surface area contributed by atoms with E-state index in [-0.39, 0.29) is 18.2 Å². The maximum Gasteiger partial charge on any atom is 0.219 e. The van der Waals surface area contributed by atoms with Crippen LogP contribution >= 0.6 is 11.6 Å². The smallest absolute Gasteiger partial charge is 0.219 e. The summed E-state index contributed by atoms with van der Waals surface area (Å²) in [7, 11) is 0. The Hall–Kier alpha value is -1.65. The molecule has 0 radical (unpaired) electrons. The minimum atomic E-state index is -0.399. The van der Waals surface area contributed by atoms with E-state index in [2.05, 4.69) is 4.98 Å². The molecule has 0 bridgehead atoms. The van der Waals surface area contributed by atoms with Crippen LogP contribution in [0.15, 0.2) is 30.5 Å². The van der Waals surface area contributed by atoms with Gasteiger partial charge in [0.05, 0.1) is 5.02 Å². The van der Waals surface area contributed by atoms with Gasteiger partial charge < -0.3 is 10.5 Å². The van der Waals surface area contributed by atoms with E-state index in [1.165, 1.54) is 6.20 Å². The van der Waals surface area contributed by atoms with E-state index < -0.39 is 5.82 Å². The number of hydrogen-bond acceptors (Lipinski definition) is 3. The number of pyridine rings is 1. The van der Waals surface area contributed by atoms with E-state index in [1.807, 2.05) is 0 Å². The van der Waals surface area contributed by atoms with Crippen LogP contribution in [-0.4, -0.2) is 4.98 Å². The van der Waals surface area contributed by atoms with E-state index in [0.29, 0.717) is 16.1 Å². The summed E-state index contributed by atoms with van der Waals surface area (Å²) in [5.41, 5.74) is 6.74. The number of nitrogens with two attached hydrogens (primary N) is 1.